The Kier molecular flexibility index (Phi) is 7.23. The molecule has 172 valence electrons. The summed E-state index contributed by atoms with van der Waals surface area (Å²) >= 11 is 0. The predicted molar refractivity (Wildman–Crippen MR) is 123 cm³/mol. The molecule has 1 aliphatic carbocycles. The Balaban J connectivity index is 2.25. The van der Waals surface area contributed by atoms with Gasteiger partial charge in [-0.05, 0) is 36.1 Å². The summed E-state index contributed by atoms with van der Waals surface area (Å²) in [4.78, 5) is 47.4. The van der Waals surface area contributed by atoms with Crippen LogP contribution < -0.4 is 18.9 Å². The van der Waals surface area contributed by atoms with E-state index in [2.05, 4.69) is 26.3 Å². The van der Waals surface area contributed by atoms with Crippen LogP contribution in [0.3, 0.4) is 0 Å². The van der Waals surface area contributed by atoms with E-state index >= 15 is 0 Å². The number of benzene rings is 2. The monoisotopic (exact) mass is 460 g/mol. The molecule has 0 amide bonds. The molecule has 0 heterocycles. The highest BCUT2D eigenvalue weighted by atomic mass is 16.6. The third kappa shape index (κ3) is 5.18. The van der Waals surface area contributed by atoms with Gasteiger partial charge >= 0.3 is 23.9 Å². The summed E-state index contributed by atoms with van der Waals surface area (Å²) in [6.07, 6.45) is 4.80. The topological polar surface area (TPSA) is 105 Å². The third-order valence-corrected chi connectivity index (χ3v) is 4.80. The van der Waals surface area contributed by atoms with Crippen LogP contribution >= 0.6 is 0 Å². The molecule has 0 N–H and O–H groups in total. The van der Waals surface area contributed by atoms with Gasteiger partial charge in [0.2, 0.25) is 0 Å². The van der Waals surface area contributed by atoms with E-state index < -0.39 is 23.9 Å². The zero-order chi connectivity index (χ0) is 24.8. The Hall–Kier alpha value is -4.72. The van der Waals surface area contributed by atoms with Crippen molar-refractivity contribution in [3.63, 3.8) is 0 Å². The van der Waals surface area contributed by atoms with E-state index in [1.54, 1.807) is 12.1 Å². The highest BCUT2D eigenvalue weighted by Crippen LogP contribution is 2.46. The maximum absolute atomic E-state index is 11.9. The zero-order valence-electron chi connectivity index (χ0n) is 18.1. The van der Waals surface area contributed by atoms with Crippen LogP contribution in [0.15, 0.2) is 74.9 Å². The van der Waals surface area contributed by atoms with Gasteiger partial charge in [-0.1, -0.05) is 26.3 Å². The number of carbonyl (C=O) groups excluding carboxylic acids is 4. The molecule has 0 fully saturated rings. The summed E-state index contributed by atoms with van der Waals surface area (Å²) in [5.74, 6) is -2.33. The van der Waals surface area contributed by atoms with Crippen LogP contribution in [0.5, 0.6) is 23.0 Å². The molecule has 8 heteroatoms. The lowest BCUT2D eigenvalue weighted by atomic mass is 9.84. The number of ether oxygens (including phenoxy) is 4. The molecule has 0 aromatic heterocycles. The molecule has 0 unspecified atom stereocenters. The second-order valence-electron chi connectivity index (χ2n) is 6.90. The average Bonchev–Trinajstić information content (AvgIpc) is 2.83. The standard InChI is InChI=1S/C26H20O8/c1-5-23(27)31-15-11-19-17(21(13-15)33-25(29)7-3)9-10-18-20(19)12-16(32-24(28)6-2)14-22(18)34-26(30)8-4/h5-8,11-14H,1-4,9-10H2. The van der Waals surface area contributed by atoms with Gasteiger partial charge in [-0.15, -0.1) is 0 Å². The summed E-state index contributed by atoms with van der Waals surface area (Å²) < 4.78 is 21.3. The summed E-state index contributed by atoms with van der Waals surface area (Å²) in [6, 6.07) is 5.95. The molecule has 2 aromatic carbocycles. The van der Waals surface area contributed by atoms with Gasteiger partial charge in [0.25, 0.3) is 0 Å². The van der Waals surface area contributed by atoms with Gasteiger partial charge in [0, 0.05) is 47.6 Å². The number of carbonyl (C=O) groups is 4. The fraction of sp³-hybridized carbons (Fsp3) is 0.0769. The van der Waals surface area contributed by atoms with Crippen LogP contribution in [0.25, 0.3) is 11.1 Å². The van der Waals surface area contributed by atoms with E-state index in [9.17, 15) is 19.2 Å². The Morgan fingerprint density at radius 2 is 0.882 bits per heavy atom. The molecule has 1 aliphatic rings. The van der Waals surface area contributed by atoms with E-state index in [0.717, 1.165) is 24.3 Å². The van der Waals surface area contributed by atoms with Crippen molar-refractivity contribution in [1.82, 2.24) is 0 Å². The highest BCUT2D eigenvalue weighted by Gasteiger charge is 2.27. The molecular weight excluding hydrogens is 440 g/mol. The minimum absolute atomic E-state index is 0.0847. The van der Waals surface area contributed by atoms with Crippen molar-refractivity contribution < 1.29 is 38.1 Å². The first-order chi connectivity index (χ1) is 16.3. The van der Waals surface area contributed by atoms with Gasteiger partial charge in [0.05, 0.1) is 0 Å². The number of hydrogen-bond donors (Lipinski definition) is 0. The van der Waals surface area contributed by atoms with E-state index in [0.29, 0.717) is 35.1 Å². The van der Waals surface area contributed by atoms with Crippen molar-refractivity contribution in [3.8, 4) is 34.1 Å². The van der Waals surface area contributed by atoms with Gasteiger partial charge in [-0.25, -0.2) is 19.2 Å². The van der Waals surface area contributed by atoms with E-state index in [1.807, 2.05) is 0 Å². The summed E-state index contributed by atoms with van der Waals surface area (Å²) in [5, 5.41) is 0. The highest BCUT2D eigenvalue weighted by molar-refractivity contribution is 5.89. The van der Waals surface area contributed by atoms with Crippen LogP contribution in [0.1, 0.15) is 11.1 Å². The Morgan fingerprint density at radius 1 is 0.559 bits per heavy atom. The maximum Gasteiger partial charge on any atom is 0.335 e. The molecular formula is C26H20O8. The lowest BCUT2D eigenvalue weighted by molar-refractivity contribution is -0.130. The van der Waals surface area contributed by atoms with Crippen LogP contribution in [0, 0.1) is 0 Å². The zero-order valence-corrected chi connectivity index (χ0v) is 18.1. The average molecular weight is 460 g/mol. The first-order valence-corrected chi connectivity index (χ1v) is 10.0. The normalized spacial score (nSPS) is 11.1. The lowest BCUT2D eigenvalue weighted by Crippen LogP contribution is -2.14. The van der Waals surface area contributed by atoms with E-state index in [-0.39, 0.29) is 23.0 Å². The molecule has 34 heavy (non-hydrogen) atoms. The molecule has 8 nitrogen and oxygen atoms in total. The van der Waals surface area contributed by atoms with Crippen LogP contribution in [-0.4, -0.2) is 23.9 Å². The second-order valence-corrected chi connectivity index (χ2v) is 6.90. The minimum Gasteiger partial charge on any atom is -0.423 e. The van der Waals surface area contributed by atoms with Gasteiger partial charge in [-0.2, -0.15) is 0 Å². The fourth-order valence-corrected chi connectivity index (χ4v) is 3.40. The van der Waals surface area contributed by atoms with E-state index in [4.69, 9.17) is 18.9 Å². The van der Waals surface area contributed by atoms with Crippen molar-refractivity contribution >= 4 is 23.9 Å². The minimum atomic E-state index is -0.716. The van der Waals surface area contributed by atoms with Gasteiger partial charge in [0.15, 0.2) is 0 Å². The first-order valence-electron chi connectivity index (χ1n) is 10.0. The van der Waals surface area contributed by atoms with Crippen molar-refractivity contribution in [2.75, 3.05) is 0 Å². The van der Waals surface area contributed by atoms with E-state index in [1.165, 1.54) is 12.1 Å². The van der Waals surface area contributed by atoms with Crippen molar-refractivity contribution in [2.24, 2.45) is 0 Å². The molecule has 0 aliphatic heterocycles. The number of fused-ring (bicyclic) bond motifs is 3. The third-order valence-electron chi connectivity index (χ3n) is 4.80. The predicted octanol–water partition coefficient (Wildman–Crippen LogP) is 3.82. The number of rotatable bonds is 8. The fourth-order valence-electron chi connectivity index (χ4n) is 3.40. The molecule has 0 saturated heterocycles. The molecule has 0 radical (unpaired) electrons. The quantitative estimate of drug-likeness (QED) is 0.333. The number of esters is 4. The van der Waals surface area contributed by atoms with Crippen LogP contribution in [0.4, 0.5) is 0 Å². The largest absolute Gasteiger partial charge is 0.423 e. The van der Waals surface area contributed by atoms with Crippen LogP contribution in [-0.2, 0) is 32.0 Å². The summed E-state index contributed by atoms with van der Waals surface area (Å²) in [6.45, 7) is 13.5. The molecule has 2 aromatic rings. The molecule has 0 saturated carbocycles. The van der Waals surface area contributed by atoms with Gasteiger partial charge in [-0.3, -0.25) is 0 Å². The molecule has 0 bridgehead atoms. The van der Waals surface area contributed by atoms with Crippen molar-refractivity contribution in [1.29, 1.82) is 0 Å². The Bertz CT molecular complexity index is 1150. The number of hydrogen-bond acceptors (Lipinski definition) is 8. The lowest BCUT2D eigenvalue weighted by Gasteiger charge is -2.25. The molecule has 0 spiro atoms. The van der Waals surface area contributed by atoms with Crippen molar-refractivity contribution in [2.45, 2.75) is 12.8 Å². The van der Waals surface area contributed by atoms with Gasteiger partial charge in [0.1, 0.15) is 23.0 Å². The summed E-state index contributed by atoms with van der Waals surface area (Å²) in [5.41, 5.74) is 2.31. The van der Waals surface area contributed by atoms with Crippen LogP contribution in [0.2, 0.25) is 0 Å². The summed E-state index contributed by atoms with van der Waals surface area (Å²) in [7, 11) is 0. The SMILES string of the molecule is C=CC(=O)Oc1cc(OC(=O)C=C)c2c(c1)-c1cc(OC(=O)C=C)cc(OC(=O)C=C)c1CC2. The molecule has 0 atom stereocenters. The van der Waals surface area contributed by atoms with Gasteiger partial charge < -0.3 is 18.9 Å². The smallest absolute Gasteiger partial charge is 0.335 e. The first kappa shape index (κ1) is 23.9. The Labute approximate surface area is 195 Å². The second kappa shape index (κ2) is 10.3. The Morgan fingerprint density at radius 3 is 1.21 bits per heavy atom. The molecule has 3 rings (SSSR count). The van der Waals surface area contributed by atoms with Crippen molar-refractivity contribution in [3.05, 3.63) is 86.0 Å². The maximum atomic E-state index is 11.9.